The molecule has 3 rings (SSSR count). The van der Waals surface area contributed by atoms with Crippen LogP contribution in [-0.4, -0.2) is 27.3 Å². The molecule has 24 heavy (non-hydrogen) atoms. The topological polar surface area (TPSA) is 35.5 Å². The van der Waals surface area contributed by atoms with Gasteiger partial charge in [-0.1, -0.05) is 33.6 Å². The van der Waals surface area contributed by atoms with Gasteiger partial charge in [0.15, 0.2) is 14.1 Å². The molecule has 3 atom stereocenters. The lowest BCUT2D eigenvalue weighted by Crippen LogP contribution is -2.53. The Hall–Kier alpha value is -0.613. The molecule has 0 unspecified atom stereocenters. The van der Waals surface area contributed by atoms with E-state index in [1.54, 1.807) is 7.11 Å². The maximum Gasteiger partial charge on any atom is 0.192 e. The van der Waals surface area contributed by atoms with E-state index in [1.807, 2.05) is 0 Å². The van der Waals surface area contributed by atoms with Gasteiger partial charge in [-0.15, -0.1) is 0 Å². The van der Waals surface area contributed by atoms with Crippen molar-refractivity contribution in [1.29, 1.82) is 0 Å². The fourth-order valence-corrected chi connectivity index (χ4v) is 6.27. The van der Waals surface area contributed by atoms with Gasteiger partial charge in [0.25, 0.3) is 0 Å². The fraction of sp³-hybridized carbons (Fsp3) is 0.850. The number of hydrogen-bond acceptors (Lipinski definition) is 3. The van der Waals surface area contributed by atoms with Gasteiger partial charge in [-0.2, -0.15) is 0 Å². The number of carbonyl (C=O) groups is 1. The van der Waals surface area contributed by atoms with Crippen LogP contribution in [0.2, 0.25) is 18.1 Å². The quantitative estimate of drug-likeness (QED) is 0.655. The van der Waals surface area contributed by atoms with Gasteiger partial charge in [-0.05, 0) is 43.3 Å². The third kappa shape index (κ3) is 2.70. The van der Waals surface area contributed by atoms with Crippen molar-refractivity contribution < 1.29 is 14.0 Å². The molecule has 0 radical (unpaired) electrons. The summed E-state index contributed by atoms with van der Waals surface area (Å²) in [5.41, 5.74) is 0.934. The van der Waals surface area contributed by atoms with Crippen LogP contribution in [0.1, 0.15) is 65.7 Å². The second-order valence-corrected chi connectivity index (χ2v) is 14.3. The van der Waals surface area contributed by atoms with E-state index in [9.17, 15) is 4.79 Å². The van der Waals surface area contributed by atoms with Crippen LogP contribution in [0.5, 0.6) is 0 Å². The molecule has 4 heteroatoms. The zero-order valence-electron chi connectivity index (χ0n) is 16.3. The van der Waals surface area contributed by atoms with Crippen LogP contribution in [0.3, 0.4) is 0 Å². The Morgan fingerprint density at radius 1 is 1.17 bits per heavy atom. The Morgan fingerprint density at radius 2 is 1.88 bits per heavy atom. The third-order valence-electron chi connectivity index (χ3n) is 7.20. The van der Waals surface area contributed by atoms with Crippen molar-refractivity contribution in [2.75, 3.05) is 7.11 Å². The molecule has 2 bridgehead atoms. The van der Waals surface area contributed by atoms with Crippen LogP contribution >= 0.6 is 0 Å². The number of rotatable bonds is 3. The monoisotopic (exact) mass is 350 g/mol. The van der Waals surface area contributed by atoms with Gasteiger partial charge >= 0.3 is 0 Å². The molecule has 0 aromatic rings. The predicted octanol–water partition coefficient (Wildman–Crippen LogP) is 5.22. The average molecular weight is 351 g/mol. The number of hydrogen-bond donors (Lipinski definition) is 0. The molecule has 2 saturated carbocycles. The summed E-state index contributed by atoms with van der Waals surface area (Å²) in [6.45, 7) is 11.6. The van der Waals surface area contributed by atoms with Gasteiger partial charge in [0.05, 0.1) is 13.2 Å². The van der Waals surface area contributed by atoms with Crippen LogP contribution in [0.4, 0.5) is 0 Å². The molecule has 136 valence electrons. The first-order chi connectivity index (χ1) is 11.1. The van der Waals surface area contributed by atoms with Gasteiger partial charge in [-0.25, -0.2) is 0 Å². The van der Waals surface area contributed by atoms with Gasteiger partial charge in [0.2, 0.25) is 0 Å². The van der Waals surface area contributed by atoms with E-state index in [1.165, 1.54) is 19.3 Å². The maximum atomic E-state index is 12.7. The van der Waals surface area contributed by atoms with Crippen molar-refractivity contribution in [3.05, 3.63) is 11.3 Å². The lowest BCUT2D eigenvalue weighted by atomic mass is 9.66. The van der Waals surface area contributed by atoms with E-state index >= 15 is 0 Å². The standard InChI is InChI=1S/C20H34O3Si/c1-19(2,3)24(5,6)23-18-14-9-7-8-11-20(18)12-10-15(21)17(20)16(13-14)22-4/h14,18H,7-13H2,1-6H3/t14-,18-,20-/m0/s1. The first-order valence-corrected chi connectivity index (χ1v) is 12.5. The molecule has 2 fully saturated rings. The molecule has 3 aliphatic rings. The minimum Gasteiger partial charge on any atom is -0.501 e. The van der Waals surface area contributed by atoms with Crippen LogP contribution in [0.15, 0.2) is 11.3 Å². The summed E-state index contributed by atoms with van der Waals surface area (Å²) in [5, 5.41) is 0.195. The zero-order valence-corrected chi connectivity index (χ0v) is 17.3. The van der Waals surface area contributed by atoms with Crippen molar-refractivity contribution in [1.82, 2.24) is 0 Å². The summed E-state index contributed by atoms with van der Waals surface area (Å²) in [7, 11) is -0.136. The highest BCUT2D eigenvalue weighted by molar-refractivity contribution is 6.74. The second-order valence-electron chi connectivity index (χ2n) is 9.59. The molecular weight excluding hydrogens is 316 g/mol. The van der Waals surface area contributed by atoms with Gasteiger partial charge in [-0.3, -0.25) is 4.79 Å². The number of ether oxygens (including phenoxy) is 1. The van der Waals surface area contributed by atoms with Crippen molar-refractivity contribution in [2.24, 2.45) is 11.3 Å². The number of Topliss-reactive ketones (excluding diaryl/α,β-unsaturated/α-hetero) is 1. The van der Waals surface area contributed by atoms with E-state index in [0.29, 0.717) is 18.1 Å². The smallest absolute Gasteiger partial charge is 0.192 e. The number of allylic oxidation sites excluding steroid dienone is 1. The highest BCUT2D eigenvalue weighted by Gasteiger charge is 2.58. The molecule has 0 aliphatic heterocycles. The largest absolute Gasteiger partial charge is 0.501 e. The highest BCUT2D eigenvalue weighted by Crippen LogP contribution is 2.59. The van der Waals surface area contributed by atoms with Gasteiger partial charge in [0.1, 0.15) is 5.76 Å². The van der Waals surface area contributed by atoms with E-state index < -0.39 is 8.32 Å². The van der Waals surface area contributed by atoms with E-state index in [-0.39, 0.29) is 16.6 Å². The van der Waals surface area contributed by atoms with Crippen molar-refractivity contribution in [3.63, 3.8) is 0 Å². The van der Waals surface area contributed by atoms with Crippen LogP contribution in [0, 0.1) is 11.3 Å². The molecule has 3 aliphatic carbocycles. The number of methoxy groups -OCH3 is 1. The van der Waals surface area contributed by atoms with Crippen LogP contribution in [0.25, 0.3) is 0 Å². The summed E-state index contributed by atoms with van der Waals surface area (Å²) in [6.07, 6.45) is 7.49. The predicted molar refractivity (Wildman–Crippen MR) is 99.4 cm³/mol. The molecule has 0 saturated heterocycles. The highest BCUT2D eigenvalue weighted by atomic mass is 28.4. The third-order valence-corrected chi connectivity index (χ3v) is 11.7. The van der Waals surface area contributed by atoms with Crippen LogP contribution < -0.4 is 0 Å². The molecule has 0 N–H and O–H groups in total. The molecule has 1 spiro atoms. The lowest BCUT2D eigenvalue weighted by molar-refractivity contribution is -0.115. The van der Waals surface area contributed by atoms with Gasteiger partial charge in [0, 0.05) is 23.8 Å². The van der Waals surface area contributed by atoms with Crippen LogP contribution in [-0.2, 0) is 14.0 Å². The Kier molecular flexibility index (Phi) is 4.53. The Morgan fingerprint density at radius 3 is 2.50 bits per heavy atom. The fourth-order valence-electron chi connectivity index (χ4n) is 4.86. The van der Waals surface area contributed by atoms with E-state index in [0.717, 1.165) is 30.6 Å². The number of fused-ring (bicyclic) bond motifs is 1. The Balaban J connectivity index is 2.06. The molecule has 0 aromatic heterocycles. The first-order valence-electron chi connectivity index (χ1n) is 9.61. The number of carbonyl (C=O) groups excluding carboxylic acids is 1. The second kappa shape index (κ2) is 5.98. The van der Waals surface area contributed by atoms with E-state index in [2.05, 4.69) is 33.9 Å². The van der Waals surface area contributed by atoms with Gasteiger partial charge < -0.3 is 9.16 Å². The molecular formula is C20H34O3Si. The minimum atomic E-state index is -1.87. The van der Waals surface area contributed by atoms with E-state index in [4.69, 9.17) is 9.16 Å². The minimum absolute atomic E-state index is 0.0721. The van der Waals surface area contributed by atoms with Crippen molar-refractivity contribution in [3.8, 4) is 0 Å². The zero-order chi connectivity index (χ0) is 17.8. The molecule has 0 heterocycles. The lowest BCUT2D eigenvalue weighted by Gasteiger charge is -2.50. The van der Waals surface area contributed by atoms with Crippen molar-refractivity contribution >= 4 is 14.1 Å². The SMILES string of the molecule is COC1=C2C(=O)CC[C@@]23CCCC[C@@H](C1)[C@@H]3O[Si](C)(C)C(C)(C)C. The molecule has 3 nitrogen and oxygen atoms in total. The molecule has 0 amide bonds. The normalized spacial score (nSPS) is 34.2. The summed E-state index contributed by atoms with van der Waals surface area (Å²) in [5.74, 6) is 1.79. The maximum absolute atomic E-state index is 12.7. The first kappa shape index (κ1) is 18.2. The Bertz CT molecular complexity index is 558. The number of ketones is 1. The summed E-state index contributed by atoms with van der Waals surface area (Å²) in [6, 6.07) is 0. The Labute approximate surface area is 148 Å². The summed E-state index contributed by atoms with van der Waals surface area (Å²) in [4.78, 5) is 12.7. The summed E-state index contributed by atoms with van der Waals surface area (Å²) >= 11 is 0. The van der Waals surface area contributed by atoms with Crippen molar-refractivity contribution in [2.45, 2.75) is 90.0 Å². The average Bonchev–Trinajstić information content (AvgIpc) is 2.77. The summed E-state index contributed by atoms with van der Waals surface area (Å²) < 4.78 is 12.8. The molecule has 0 aromatic carbocycles.